The SMILES string of the molecule is CCOC(=O)N1CCN(C(=O)[C@H](C)NC(=O)c2ccccc2)CC1. The molecule has 1 atom stereocenters. The molecule has 1 saturated heterocycles. The first-order chi connectivity index (χ1) is 11.5. The number of hydrogen-bond donors (Lipinski definition) is 1. The molecular formula is C17H23N3O4. The number of nitrogens with one attached hydrogen (secondary N) is 1. The summed E-state index contributed by atoms with van der Waals surface area (Å²) in [5.41, 5.74) is 0.518. The third kappa shape index (κ3) is 4.47. The van der Waals surface area contributed by atoms with E-state index in [1.54, 1.807) is 47.9 Å². The van der Waals surface area contributed by atoms with Crippen molar-refractivity contribution in [2.24, 2.45) is 0 Å². The molecule has 1 aliphatic heterocycles. The lowest BCUT2D eigenvalue weighted by molar-refractivity contribution is -0.134. The van der Waals surface area contributed by atoms with Gasteiger partial charge in [-0.2, -0.15) is 0 Å². The van der Waals surface area contributed by atoms with Crippen LogP contribution >= 0.6 is 0 Å². The van der Waals surface area contributed by atoms with Gasteiger partial charge >= 0.3 is 6.09 Å². The molecule has 0 unspecified atom stereocenters. The number of amides is 3. The number of benzene rings is 1. The molecule has 1 aliphatic rings. The van der Waals surface area contributed by atoms with Crippen LogP contribution in [0.5, 0.6) is 0 Å². The Hall–Kier alpha value is -2.57. The first-order valence-electron chi connectivity index (χ1n) is 8.09. The van der Waals surface area contributed by atoms with Gasteiger partial charge in [0.05, 0.1) is 6.61 Å². The molecule has 0 aromatic heterocycles. The van der Waals surface area contributed by atoms with E-state index in [9.17, 15) is 14.4 Å². The van der Waals surface area contributed by atoms with Gasteiger partial charge in [0.1, 0.15) is 6.04 Å². The molecule has 7 nitrogen and oxygen atoms in total. The molecule has 3 amide bonds. The van der Waals surface area contributed by atoms with E-state index in [4.69, 9.17) is 4.74 Å². The maximum atomic E-state index is 12.4. The monoisotopic (exact) mass is 333 g/mol. The molecule has 1 N–H and O–H groups in total. The number of piperazine rings is 1. The van der Waals surface area contributed by atoms with Crippen molar-refractivity contribution in [3.8, 4) is 0 Å². The average molecular weight is 333 g/mol. The van der Waals surface area contributed by atoms with Crippen molar-refractivity contribution in [3.05, 3.63) is 35.9 Å². The molecule has 24 heavy (non-hydrogen) atoms. The zero-order valence-corrected chi connectivity index (χ0v) is 14.0. The molecule has 1 aromatic rings. The first kappa shape index (κ1) is 17.8. The zero-order chi connectivity index (χ0) is 17.5. The highest BCUT2D eigenvalue weighted by atomic mass is 16.6. The Kier molecular flexibility index (Phi) is 6.17. The Labute approximate surface area is 141 Å². The topological polar surface area (TPSA) is 79.0 Å². The maximum Gasteiger partial charge on any atom is 0.409 e. The molecule has 2 rings (SSSR count). The molecule has 130 valence electrons. The number of ether oxygens (including phenoxy) is 1. The van der Waals surface area contributed by atoms with Crippen molar-refractivity contribution in [2.75, 3.05) is 32.8 Å². The van der Waals surface area contributed by atoms with Crippen LogP contribution in [0.2, 0.25) is 0 Å². The molecule has 7 heteroatoms. The summed E-state index contributed by atoms with van der Waals surface area (Å²) < 4.78 is 4.95. The van der Waals surface area contributed by atoms with Gasteiger partial charge in [-0.05, 0) is 26.0 Å². The summed E-state index contributed by atoms with van der Waals surface area (Å²) in [6, 6.07) is 8.15. The fourth-order valence-corrected chi connectivity index (χ4v) is 2.53. The molecule has 0 saturated carbocycles. The summed E-state index contributed by atoms with van der Waals surface area (Å²) in [6.45, 7) is 5.50. The lowest BCUT2D eigenvalue weighted by atomic mass is 10.2. The number of hydrogen-bond acceptors (Lipinski definition) is 4. The highest BCUT2D eigenvalue weighted by molar-refractivity contribution is 5.97. The minimum Gasteiger partial charge on any atom is -0.450 e. The largest absolute Gasteiger partial charge is 0.450 e. The van der Waals surface area contributed by atoms with Crippen LogP contribution in [0.1, 0.15) is 24.2 Å². The van der Waals surface area contributed by atoms with Crippen LogP contribution in [0, 0.1) is 0 Å². The van der Waals surface area contributed by atoms with Gasteiger partial charge in [-0.3, -0.25) is 9.59 Å². The van der Waals surface area contributed by atoms with Crippen molar-refractivity contribution < 1.29 is 19.1 Å². The van der Waals surface area contributed by atoms with Crippen molar-refractivity contribution in [3.63, 3.8) is 0 Å². The summed E-state index contributed by atoms with van der Waals surface area (Å²) in [6.07, 6.45) is -0.352. The Balaban J connectivity index is 1.84. The molecule has 1 aromatic carbocycles. The van der Waals surface area contributed by atoms with E-state index in [0.29, 0.717) is 38.3 Å². The summed E-state index contributed by atoms with van der Waals surface area (Å²) in [7, 11) is 0. The highest BCUT2D eigenvalue weighted by Crippen LogP contribution is 2.07. The summed E-state index contributed by atoms with van der Waals surface area (Å²) in [5.74, 6) is -0.426. The number of carbonyl (C=O) groups excluding carboxylic acids is 3. The van der Waals surface area contributed by atoms with E-state index < -0.39 is 6.04 Å². The second-order valence-electron chi connectivity index (χ2n) is 5.57. The van der Waals surface area contributed by atoms with Crippen molar-refractivity contribution in [1.29, 1.82) is 0 Å². The molecule has 0 spiro atoms. The Bertz CT molecular complexity index is 583. The number of nitrogens with zero attached hydrogens (tertiary/aromatic N) is 2. The predicted molar refractivity (Wildman–Crippen MR) is 88.5 cm³/mol. The summed E-state index contributed by atoms with van der Waals surface area (Å²) >= 11 is 0. The zero-order valence-electron chi connectivity index (χ0n) is 14.0. The minimum atomic E-state index is -0.619. The van der Waals surface area contributed by atoms with Gasteiger partial charge < -0.3 is 19.9 Å². The first-order valence-corrected chi connectivity index (χ1v) is 8.09. The molecule has 0 aliphatic carbocycles. The molecule has 1 heterocycles. The van der Waals surface area contributed by atoms with Crippen LogP contribution in [0.4, 0.5) is 4.79 Å². The van der Waals surface area contributed by atoms with Crippen LogP contribution in [-0.4, -0.2) is 66.5 Å². The predicted octanol–water partition coefficient (Wildman–Crippen LogP) is 1.11. The third-order valence-corrected chi connectivity index (χ3v) is 3.87. The fraction of sp³-hybridized carbons (Fsp3) is 0.471. The van der Waals surface area contributed by atoms with Crippen LogP contribution < -0.4 is 5.32 Å². The summed E-state index contributed by atoms with van der Waals surface area (Å²) in [4.78, 5) is 39.4. The van der Waals surface area contributed by atoms with Crippen LogP contribution in [-0.2, 0) is 9.53 Å². The van der Waals surface area contributed by atoms with Gasteiger partial charge in [0, 0.05) is 31.7 Å². The van der Waals surface area contributed by atoms with Gasteiger partial charge in [0.15, 0.2) is 0 Å². The lowest BCUT2D eigenvalue weighted by Gasteiger charge is -2.35. The molecule has 1 fully saturated rings. The van der Waals surface area contributed by atoms with Crippen LogP contribution in [0.25, 0.3) is 0 Å². The Morgan fingerprint density at radius 1 is 1.08 bits per heavy atom. The number of rotatable bonds is 4. The smallest absolute Gasteiger partial charge is 0.409 e. The highest BCUT2D eigenvalue weighted by Gasteiger charge is 2.28. The van der Waals surface area contributed by atoms with E-state index in [2.05, 4.69) is 5.32 Å². The van der Waals surface area contributed by atoms with E-state index in [-0.39, 0.29) is 17.9 Å². The molecule has 0 radical (unpaired) electrons. The minimum absolute atomic E-state index is 0.150. The standard InChI is InChI=1S/C17H23N3O4/c1-3-24-17(23)20-11-9-19(10-12-20)16(22)13(2)18-15(21)14-7-5-4-6-8-14/h4-8,13H,3,9-12H2,1-2H3,(H,18,21)/t13-/m0/s1. The lowest BCUT2D eigenvalue weighted by Crippen LogP contribution is -2.55. The maximum absolute atomic E-state index is 12.4. The fourth-order valence-electron chi connectivity index (χ4n) is 2.53. The Morgan fingerprint density at radius 2 is 1.67 bits per heavy atom. The normalized spacial score (nSPS) is 15.6. The van der Waals surface area contributed by atoms with Gasteiger partial charge in [0.25, 0.3) is 5.91 Å². The van der Waals surface area contributed by atoms with Gasteiger partial charge in [-0.25, -0.2) is 4.79 Å². The van der Waals surface area contributed by atoms with Crippen LogP contribution in [0.15, 0.2) is 30.3 Å². The summed E-state index contributed by atoms with van der Waals surface area (Å²) in [5, 5.41) is 2.71. The quantitative estimate of drug-likeness (QED) is 0.895. The van der Waals surface area contributed by atoms with Crippen LogP contribution in [0.3, 0.4) is 0 Å². The second-order valence-corrected chi connectivity index (χ2v) is 5.57. The van der Waals surface area contributed by atoms with E-state index in [0.717, 1.165) is 0 Å². The van der Waals surface area contributed by atoms with Crippen molar-refractivity contribution >= 4 is 17.9 Å². The third-order valence-electron chi connectivity index (χ3n) is 3.87. The van der Waals surface area contributed by atoms with Crippen molar-refractivity contribution in [2.45, 2.75) is 19.9 Å². The van der Waals surface area contributed by atoms with E-state index >= 15 is 0 Å². The average Bonchev–Trinajstić information content (AvgIpc) is 2.62. The van der Waals surface area contributed by atoms with Gasteiger partial charge in [-0.15, -0.1) is 0 Å². The van der Waals surface area contributed by atoms with Gasteiger partial charge in [0.2, 0.25) is 5.91 Å². The van der Waals surface area contributed by atoms with Gasteiger partial charge in [-0.1, -0.05) is 18.2 Å². The second kappa shape index (κ2) is 8.33. The molecule has 0 bridgehead atoms. The van der Waals surface area contributed by atoms with Crippen molar-refractivity contribution in [1.82, 2.24) is 15.1 Å². The molecular weight excluding hydrogens is 310 g/mol. The van der Waals surface area contributed by atoms with E-state index in [1.165, 1.54) is 0 Å². The Morgan fingerprint density at radius 3 is 2.25 bits per heavy atom. The van der Waals surface area contributed by atoms with E-state index in [1.807, 2.05) is 6.07 Å². The number of carbonyl (C=O) groups is 3.